The van der Waals surface area contributed by atoms with Gasteiger partial charge in [0.05, 0.1) is 5.40 Å². The predicted octanol–water partition coefficient (Wildman–Crippen LogP) is -7.09. The molecule has 13 heteroatoms. The summed E-state index contributed by atoms with van der Waals surface area (Å²) in [5, 5.41) is -2.32. The van der Waals surface area contributed by atoms with Gasteiger partial charge in [0, 0.05) is 64.7 Å². The number of hydrogen-bond donors (Lipinski definition) is 3. The molecule has 3 atom stereocenters. The quantitative estimate of drug-likeness (QED) is 0.329. The molecule has 0 bridgehead atoms. The molecule has 0 saturated carbocycles. The molecule has 0 heterocycles. The van der Waals surface area contributed by atoms with Crippen molar-refractivity contribution in [3.05, 3.63) is 35.9 Å². The van der Waals surface area contributed by atoms with E-state index in [1.807, 2.05) is 0 Å². The van der Waals surface area contributed by atoms with Crippen LogP contribution in [0, 0.1) is 0 Å². The summed E-state index contributed by atoms with van der Waals surface area (Å²) >= 11 is 0. The normalized spacial score (nSPS) is 18.9. The molecular formula is C10H15NNa4O6P2. The maximum Gasteiger partial charge on any atom is 1.00 e. The Morgan fingerprint density at radius 3 is 1.74 bits per heavy atom. The van der Waals surface area contributed by atoms with Crippen LogP contribution in [0.25, 0.3) is 0 Å². The number of hydrogen-bond acceptors (Lipinski definition) is 5. The van der Waals surface area contributed by atoms with Crippen molar-refractivity contribution in [2.75, 3.05) is 0 Å². The molecule has 1 rings (SSSR count). The minimum atomic E-state index is -5.27. The monoisotopic (exact) mass is 399 g/mol. The van der Waals surface area contributed by atoms with Crippen LogP contribution < -0.4 is 74.6 Å². The smallest absolute Gasteiger partial charge is 0.778 e. The van der Waals surface area contributed by atoms with E-state index >= 15 is 0 Å². The van der Waals surface area contributed by atoms with E-state index in [1.165, 1.54) is 6.92 Å². The minimum absolute atomic E-state index is 0. The fraction of sp³-hybridized carbons (Fsp3) is 0.400. The van der Waals surface area contributed by atoms with Crippen molar-refractivity contribution in [2.45, 2.75) is 24.3 Å². The molecule has 110 valence electrons. The van der Waals surface area contributed by atoms with Crippen molar-refractivity contribution >= 4 is 74.3 Å². The Bertz CT molecular complexity index is 513. The molecular weight excluding hydrogens is 384 g/mol. The van der Waals surface area contributed by atoms with Gasteiger partial charge in [-0.15, -0.1) is 0 Å². The maximum absolute atomic E-state index is 11.1. The average molecular weight is 399 g/mol. The molecule has 23 heavy (non-hydrogen) atoms. The zero-order valence-corrected chi connectivity index (χ0v) is 24.0. The Hall–Kier alpha value is 3.48. The van der Waals surface area contributed by atoms with Crippen molar-refractivity contribution in [1.82, 2.24) is 0 Å². The Balaban J connectivity index is -0.000000451. The van der Waals surface area contributed by atoms with Gasteiger partial charge in [-0.1, -0.05) is 30.3 Å². The third-order valence-corrected chi connectivity index (χ3v) is 6.42. The van der Waals surface area contributed by atoms with E-state index in [0.29, 0.717) is 5.56 Å². The van der Waals surface area contributed by atoms with E-state index in [1.54, 1.807) is 30.3 Å². The fourth-order valence-electron chi connectivity index (χ4n) is 1.73. The van der Waals surface area contributed by atoms with Crippen LogP contribution in [-0.4, -0.2) is 74.3 Å². The standard InChI is InChI=1S/C10H17NO6P2.4Na/c1-10(11,8-5-3-2-4-6-8)7-9(18(12,13)14)19(15,16)17;;;;/h2-6,9H,7,11H2,1H3,(H2,12,13,14)(H2,15,16,17);;;;/q;;;2*+1/p-2. The van der Waals surface area contributed by atoms with Gasteiger partial charge >= 0.3 is 59.1 Å². The van der Waals surface area contributed by atoms with E-state index in [0.717, 1.165) is 0 Å². The zero-order valence-electron chi connectivity index (χ0n) is 14.2. The maximum atomic E-state index is 11.1. The van der Waals surface area contributed by atoms with Gasteiger partial charge in [-0.25, -0.2) is 0 Å². The van der Waals surface area contributed by atoms with Crippen molar-refractivity contribution in [2.24, 2.45) is 5.73 Å². The van der Waals surface area contributed by atoms with Crippen molar-refractivity contribution < 1.29 is 87.8 Å². The van der Waals surface area contributed by atoms with E-state index < -0.39 is 32.6 Å². The van der Waals surface area contributed by atoms with Gasteiger partial charge in [0.1, 0.15) is 15.2 Å². The van der Waals surface area contributed by atoms with Crippen LogP contribution in [0.3, 0.4) is 0 Å². The summed E-state index contributed by atoms with van der Waals surface area (Å²) in [4.78, 5) is 40.0. The van der Waals surface area contributed by atoms with Crippen LogP contribution in [-0.2, 0) is 14.7 Å². The molecule has 1 aromatic carbocycles. The van der Waals surface area contributed by atoms with Crippen LogP contribution >= 0.6 is 15.2 Å². The molecule has 7 nitrogen and oxygen atoms in total. The van der Waals surface area contributed by atoms with Gasteiger partial charge < -0.3 is 34.4 Å². The summed E-state index contributed by atoms with van der Waals surface area (Å²) in [7, 11) is -10.5. The van der Waals surface area contributed by atoms with Crippen molar-refractivity contribution in [1.29, 1.82) is 0 Å². The third kappa shape index (κ3) is 11.8. The van der Waals surface area contributed by atoms with Gasteiger partial charge in [-0.2, -0.15) is 0 Å². The molecule has 0 amide bonds. The summed E-state index contributed by atoms with van der Waals surface area (Å²) in [6.07, 6.45) is -0.647. The van der Waals surface area contributed by atoms with Crippen molar-refractivity contribution in [3.8, 4) is 0 Å². The number of nitrogens with two attached hydrogens (primary N) is 1. The van der Waals surface area contributed by atoms with Crippen LogP contribution in [0.15, 0.2) is 30.3 Å². The third-order valence-electron chi connectivity index (χ3n) is 2.79. The predicted molar refractivity (Wildman–Crippen MR) is 77.5 cm³/mol. The molecule has 0 aromatic heterocycles. The zero-order chi connectivity index (χ0) is 14.9. The first kappa shape index (κ1) is 34.0. The van der Waals surface area contributed by atoms with Gasteiger partial charge in [-0.3, -0.25) is 0 Å². The first-order valence-corrected chi connectivity index (χ1v) is 8.65. The molecule has 0 spiro atoms. The first-order chi connectivity index (χ1) is 8.44. The van der Waals surface area contributed by atoms with Gasteiger partial charge in [-0.05, 0) is 18.9 Å². The Morgan fingerprint density at radius 2 is 1.43 bits per heavy atom. The minimum Gasteiger partial charge on any atom is -0.778 e. The van der Waals surface area contributed by atoms with Gasteiger partial charge in [0.25, 0.3) is 0 Å². The fourth-order valence-corrected chi connectivity index (χ4v) is 4.43. The SMILES string of the molecule is CC(N)(CC(P(=O)([O-])O)P(=O)([O-])O)c1ccccc1.[Na+].[Na+].[Na].[Na]. The molecule has 2 radical (unpaired) electrons. The van der Waals surface area contributed by atoms with Crippen molar-refractivity contribution in [3.63, 3.8) is 0 Å². The van der Waals surface area contributed by atoms with Crippen LogP contribution in [0.1, 0.15) is 18.9 Å². The van der Waals surface area contributed by atoms with Crippen LogP contribution in [0.4, 0.5) is 0 Å². The van der Waals surface area contributed by atoms with E-state index in [2.05, 4.69) is 0 Å². The van der Waals surface area contributed by atoms with Gasteiger partial charge in [0.15, 0.2) is 0 Å². The molecule has 0 fully saturated rings. The molecule has 0 aliphatic carbocycles. The molecule has 0 aliphatic heterocycles. The second kappa shape index (κ2) is 13.6. The van der Waals surface area contributed by atoms with Crippen LogP contribution in [0.2, 0.25) is 0 Å². The topological polar surface area (TPSA) is 147 Å². The Morgan fingerprint density at radius 1 is 1.09 bits per heavy atom. The second-order valence-corrected chi connectivity index (χ2v) is 8.51. The molecule has 1 aromatic rings. The molecule has 0 saturated heterocycles. The summed E-state index contributed by atoms with van der Waals surface area (Å²) in [6, 6.07) is 8.21. The van der Waals surface area contributed by atoms with E-state index in [-0.39, 0.29) is 118 Å². The summed E-state index contributed by atoms with van der Waals surface area (Å²) in [5.41, 5.74) is 5.04. The number of benzene rings is 1. The first-order valence-electron chi connectivity index (χ1n) is 5.36. The largest absolute Gasteiger partial charge is 1.00 e. The summed E-state index contributed by atoms with van der Waals surface area (Å²) in [5.74, 6) is 0. The molecule has 3 unspecified atom stereocenters. The molecule has 0 aliphatic rings. The average Bonchev–Trinajstić information content (AvgIpc) is 2.24. The second-order valence-electron chi connectivity index (χ2n) is 4.60. The summed E-state index contributed by atoms with van der Waals surface area (Å²) < 4.78 is 22.2. The van der Waals surface area contributed by atoms with E-state index in [9.17, 15) is 18.9 Å². The Kier molecular flexibility index (Phi) is 20.1. The van der Waals surface area contributed by atoms with Gasteiger partial charge in [0.2, 0.25) is 0 Å². The van der Waals surface area contributed by atoms with Crippen LogP contribution in [0.5, 0.6) is 0 Å². The Labute approximate surface area is 224 Å². The number of rotatable bonds is 5. The van der Waals surface area contributed by atoms with E-state index in [4.69, 9.17) is 15.5 Å². The molecule has 4 N–H and O–H groups in total. The summed E-state index contributed by atoms with van der Waals surface area (Å²) in [6.45, 7) is 1.42.